The fourth-order valence-corrected chi connectivity index (χ4v) is 7.13. The first kappa shape index (κ1) is 30.9. The molecule has 228 valence electrons. The van der Waals surface area contributed by atoms with Gasteiger partial charge >= 0.3 is 0 Å². The molecule has 0 saturated carbocycles. The number of benzene rings is 2. The lowest BCUT2D eigenvalue weighted by Gasteiger charge is -2.26. The zero-order chi connectivity index (χ0) is 30.9. The van der Waals surface area contributed by atoms with E-state index in [1.165, 1.54) is 29.8 Å². The van der Waals surface area contributed by atoms with E-state index < -0.39 is 15.8 Å². The van der Waals surface area contributed by atoms with E-state index >= 15 is 4.39 Å². The van der Waals surface area contributed by atoms with E-state index in [0.29, 0.717) is 29.3 Å². The Morgan fingerprint density at radius 1 is 1.21 bits per heavy atom. The van der Waals surface area contributed by atoms with Crippen LogP contribution in [0, 0.1) is 5.82 Å². The van der Waals surface area contributed by atoms with Gasteiger partial charge < -0.3 is 15.8 Å². The molecule has 5 rings (SSSR count). The highest BCUT2D eigenvalue weighted by Crippen LogP contribution is 2.40. The summed E-state index contributed by atoms with van der Waals surface area (Å²) in [6.07, 6.45) is 6.72. The van der Waals surface area contributed by atoms with Gasteiger partial charge in [-0.2, -0.15) is 5.10 Å². The highest BCUT2D eigenvalue weighted by molar-refractivity contribution is 7.92. The van der Waals surface area contributed by atoms with Crippen LogP contribution in [0.3, 0.4) is 0 Å². The molecular weight excluding hydrogens is 591 g/mol. The van der Waals surface area contributed by atoms with Crippen LogP contribution < -0.4 is 15.8 Å². The van der Waals surface area contributed by atoms with E-state index in [-0.39, 0.29) is 33.5 Å². The van der Waals surface area contributed by atoms with Crippen molar-refractivity contribution in [2.75, 3.05) is 24.2 Å². The van der Waals surface area contributed by atoms with Crippen LogP contribution >= 0.6 is 11.6 Å². The van der Waals surface area contributed by atoms with Gasteiger partial charge in [0.05, 0.1) is 28.2 Å². The van der Waals surface area contributed by atoms with Crippen LogP contribution in [-0.4, -0.2) is 49.0 Å². The van der Waals surface area contributed by atoms with E-state index in [4.69, 9.17) is 27.2 Å². The first-order valence-corrected chi connectivity index (χ1v) is 16.0. The second kappa shape index (κ2) is 12.6. The first-order chi connectivity index (χ1) is 20.5. The number of hydrogen-bond acceptors (Lipinski definition) is 7. The van der Waals surface area contributed by atoms with Crippen molar-refractivity contribution in [3.63, 3.8) is 0 Å². The van der Waals surface area contributed by atoms with Gasteiger partial charge in [-0.3, -0.25) is 9.40 Å². The fraction of sp³-hybridized carbons (Fsp3) is 0.355. The third-order valence-corrected chi connectivity index (χ3v) is 9.42. The van der Waals surface area contributed by atoms with Crippen molar-refractivity contribution in [2.45, 2.75) is 63.1 Å². The van der Waals surface area contributed by atoms with Crippen LogP contribution in [0.5, 0.6) is 0 Å². The number of allylic oxidation sites excluding steroid dienone is 1. The molecule has 0 saturated heterocycles. The van der Waals surface area contributed by atoms with Gasteiger partial charge in [-0.15, -0.1) is 0 Å². The zero-order valence-electron chi connectivity index (χ0n) is 24.6. The number of ether oxygens (including phenoxy) is 1. The number of pyridine rings is 1. The predicted octanol–water partition coefficient (Wildman–Crippen LogP) is 6.42. The van der Waals surface area contributed by atoms with Crippen molar-refractivity contribution in [2.24, 2.45) is 0 Å². The lowest BCUT2D eigenvalue weighted by Crippen LogP contribution is -2.39. The van der Waals surface area contributed by atoms with Gasteiger partial charge in [0.15, 0.2) is 0 Å². The molecule has 0 radical (unpaired) electrons. The van der Waals surface area contributed by atoms with Crippen molar-refractivity contribution in [1.29, 1.82) is 0 Å². The lowest BCUT2D eigenvalue weighted by atomic mass is 9.90. The number of nitrogens with one attached hydrogen (secondary N) is 2. The average molecular weight is 627 g/mol. The summed E-state index contributed by atoms with van der Waals surface area (Å²) in [4.78, 5) is 4.38. The molecule has 0 bridgehead atoms. The van der Waals surface area contributed by atoms with Crippen molar-refractivity contribution in [3.8, 4) is 11.3 Å². The maximum atomic E-state index is 15.4. The summed E-state index contributed by atoms with van der Waals surface area (Å²) in [5.74, 6) is -0.479. The number of anilines is 2. The second-order valence-corrected chi connectivity index (χ2v) is 13.2. The van der Waals surface area contributed by atoms with Crippen molar-refractivity contribution in [1.82, 2.24) is 20.1 Å². The molecule has 1 aliphatic rings. The Morgan fingerprint density at radius 3 is 2.63 bits per heavy atom. The molecule has 0 spiro atoms. The summed E-state index contributed by atoms with van der Waals surface area (Å²) >= 11 is 6.07. The van der Waals surface area contributed by atoms with Gasteiger partial charge in [0.2, 0.25) is 0 Å². The quantitative estimate of drug-likeness (QED) is 0.186. The molecule has 0 amide bonds. The third-order valence-electron chi connectivity index (χ3n) is 7.55. The average Bonchev–Trinajstić information content (AvgIpc) is 3.37. The van der Waals surface area contributed by atoms with E-state index in [2.05, 4.69) is 28.0 Å². The summed E-state index contributed by atoms with van der Waals surface area (Å²) in [6, 6.07) is 10.8. The lowest BCUT2D eigenvalue weighted by molar-refractivity contribution is 0.165. The molecule has 1 aliphatic carbocycles. The molecular formula is C31H36ClFN6O3S. The van der Waals surface area contributed by atoms with Crippen molar-refractivity contribution >= 4 is 49.6 Å². The number of nitrogens with zero attached hydrogens (tertiary/aromatic N) is 3. The highest BCUT2D eigenvalue weighted by atomic mass is 35.5. The van der Waals surface area contributed by atoms with Crippen LogP contribution in [-0.2, 0) is 14.8 Å². The van der Waals surface area contributed by atoms with Gasteiger partial charge in [0.1, 0.15) is 22.2 Å². The SMILES string of the molecule is COC[C@H](C)N[C@@H]1CC=C(c2cnc(N)c3c(-c4ccc(NS(=O)(=O)c5ccccc5Cl)c(F)c4)nn(C(C)C)c23)CC1. The molecule has 0 fully saturated rings. The van der Waals surface area contributed by atoms with E-state index in [1.54, 1.807) is 31.5 Å². The Labute approximate surface area is 256 Å². The molecule has 9 nitrogen and oxygen atoms in total. The molecule has 4 aromatic rings. The number of hydrogen-bond donors (Lipinski definition) is 3. The normalized spacial score (nSPS) is 16.4. The minimum atomic E-state index is -4.11. The summed E-state index contributed by atoms with van der Waals surface area (Å²) < 4.78 is 50.7. The minimum Gasteiger partial charge on any atom is -0.383 e. The molecule has 2 aromatic carbocycles. The Morgan fingerprint density at radius 2 is 1.98 bits per heavy atom. The smallest absolute Gasteiger partial charge is 0.263 e. The molecule has 12 heteroatoms. The summed E-state index contributed by atoms with van der Waals surface area (Å²) in [5.41, 5.74) is 10.1. The third kappa shape index (κ3) is 6.40. The molecule has 43 heavy (non-hydrogen) atoms. The molecule has 4 N–H and O–H groups in total. The van der Waals surface area contributed by atoms with E-state index in [9.17, 15) is 8.42 Å². The fourth-order valence-electron chi connectivity index (χ4n) is 5.54. The van der Waals surface area contributed by atoms with Crippen LogP contribution in [0.4, 0.5) is 15.9 Å². The molecule has 2 aromatic heterocycles. The maximum absolute atomic E-state index is 15.4. The standard InChI is InChI=1S/C31H36ClFN6O3S/c1-18(2)39-30-23(20-9-12-22(13-10-20)36-19(3)17-42-4)16-35-31(34)28(30)29(37-39)21-11-14-26(25(33)15-21)38-43(40,41)27-8-6-5-7-24(27)32/h5-9,11,14-16,18-19,22,36,38H,10,12-13,17H2,1-4H3,(H2,34,35)/t19-,22+/m0/s1. The van der Waals surface area contributed by atoms with Gasteiger partial charge in [-0.1, -0.05) is 35.9 Å². The van der Waals surface area contributed by atoms with Crippen LogP contribution in [0.15, 0.2) is 59.6 Å². The van der Waals surface area contributed by atoms with Gasteiger partial charge in [-0.25, -0.2) is 17.8 Å². The van der Waals surface area contributed by atoms with Crippen LogP contribution in [0.25, 0.3) is 27.7 Å². The monoisotopic (exact) mass is 626 g/mol. The topological polar surface area (TPSA) is 124 Å². The van der Waals surface area contributed by atoms with E-state index in [1.807, 2.05) is 18.5 Å². The van der Waals surface area contributed by atoms with Crippen molar-refractivity contribution in [3.05, 3.63) is 71.1 Å². The second-order valence-electron chi connectivity index (χ2n) is 11.1. The number of halogens is 2. The Balaban J connectivity index is 1.51. The number of nitrogens with two attached hydrogens (primary N) is 1. The summed E-state index contributed by atoms with van der Waals surface area (Å²) in [7, 11) is -2.41. The van der Waals surface area contributed by atoms with E-state index in [0.717, 1.165) is 30.3 Å². The number of methoxy groups -OCH3 is 1. The zero-order valence-corrected chi connectivity index (χ0v) is 26.1. The summed E-state index contributed by atoms with van der Waals surface area (Å²) in [5, 5.41) is 9.17. The highest BCUT2D eigenvalue weighted by Gasteiger charge is 2.26. The largest absolute Gasteiger partial charge is 0.383 e. The number of sulfonamides is 1. The number of rotatable bonds is 10. The molecule has 0 unspecified atom stereocenters. The van der Waals surface area contributed by atoms with Crippen LogP contribution in [0.1, 0.15) is 51.6 Å². The Hall–Kier alpha value is -3.51. The number of aromatic nitrogens is 3. The molecule has 2 atom stereocenters. The minimum absolute atomic E-state index is 0.0168. The van der Waals surface area contributed by atoms with Gasteiger partial charge in [0, 0.05) is 42.6 Å². The Kier molecular flexibility index (Phi) is 9.07. The van der Waals surface area contributed by atoms with Gasteiger partial charge in [0.25, 0.3) is 10.0 Å². The predicted molar refractivity (Wildman–Crippen MR) is 170 cm³/mol. The number of fused-ring (bicyclic) bond motifs is 1. The van der Waals surface area contributed by atoms with Crippen molar-refractivity contribution < 1.29 is 17.5 Å². The maximum Gasteiger partial charge on any atom is 0.263 e. The molecule has 0 aliphatic heterocycles. The Bertz CT molecular complexity index is 1790. The first-order valence-electron chi connectivity index (χ1n) is 14.2. The van der Waals surface area contributed by atoms with Crippen LogP contribution in [0.2, 0.25) is 5.02 Å². The number of nitrogen functional groups attached to an aromatic ring is 1. The van der Waals surface area contributed by atoms with Gasteiger partial charge in [-0.05, 0) is 69.9 Å². The summed E-state index contributed by atoms with van der Waals surface area (Å²) in [6.45, 7) is 6.81. The molecule has 2 heterocycles.